The number of amides is 2. The Morgan fingerprint density at radius 3 is 2.02 bits per heavy atom. The van der Waals surface area contributed by atoms with Crippen LogP contribution in [-0.2, 0) is 26.2 Å². The van der Waals surface area contributed by atoms with Gasteiger partial charge in [0.1, 0.15) is 12.6 Å². The van der Waals surface area contributed by atoms with Gasteiger partial charge in [0.05, 0.1) is 10.6 Å². The summed E-state index contributed by atoms with van der Waals surface area (Å²) in [5.41, 5.74) is 0.235. The number of hydrogen-bond acceptors (Lipinski definition) is 4. The second kappa shape index (κ2) is 13.5. The largest absolute Gasteiger partial charge is 0.350 e. The van der Waals surface area contributed by atoms with Crippen LogP contribution in [0, 0.1) is 3.57 Å². The molecular formula is C29H32Cl2IN3O4S. The average molecular weight is 716 g/mol. The zero-order valence-corrected chi connectivity index (χ0v) is 27.2. The fourth-order valence-corrected chi connectivity index (χ4v) is 6.39. The van der Waals surface area contributed by atoms with E-state index in [2.05, 4.69) is 27.9 Å². The van der Waals surface area contributed by atoms with Crippen molar-refractivity contribution in [2.24, 2.45) is 0 Å². The standard InChI is InChI=1S/C29H32Cl2IN3O4S/c1-5-26(28(37)33-29(2,3)4)34(18-23-24(30)12-9-13-25(23)31)27(36)19-35(21-16-14-20(32)15-17-21)40(38,39)22-10-7-6-8-11-22/h6-17,26H,5,18-19H2,1-4H3,(H,33,37)/t26-/m0/s1. The Balaban J connectivity index is 2.10. The van der Waals surface area contributed by atoms with Gasteiger partial charge in [-0.2, -0.15) is 0 Å². The zero-order chi connectivity index (χ0) is 29.7. The van der Waals surface area contributed by atoms with Gasteiger partial charge in [-0.3, -0.25) is 13.9 Å². The highest BCUT2D eigenvalue weighted by molar-refractivity contribution is 14.1. The summed E-state index contributed by atoms with van der Waals surface area (Å²) in [7, 11) is -4.14. The molecule has 0 saturated carbocycles. The topological polar surface area (TPSA) is 86.8 Å². The molecule has 214 valence electrons. The van der Waals surface area contributed by atoms with E-state index < -0.39 is 34.1 Å². The molecule has 1 N–H and O–H groups in total. The predicted octanol–water partition coefficient (Wildman–Crippen LogP) is 6.52. The average Bonchev–Trinajstić information content (AvgIpc) is 2.88. The molecule has 0 fully saturated rings. The molecule has 0 spiro atoms. The van der Waals surface area contributed by atoms with Gasteiger partial charge in [0, 0.05) is 31.3 Å². The first kappa shape index (κ1) is 32.2. The molecule has 0 aliphatic rings. The van der Waals surface area contributed by atoms with Gasteiger partial charge in [-0.15, -0.1) is 0 Å². The summed E-state index contributed by atoms with van der Waals surface area (Å²) in [5.74, 6) is -0.941. The Hall–Kier alpha value is -2.34. The first-order valence-corrected chi connectivity index (χ1v) is 15.9. The Labute approximate surface area is 260 Å². The van der Waals surface area contributed by atoms with Crippen LogP contribution in [0.4, 0.5) is 5.69 Å². The van der Waals surface area contributed by atoms with Crippen LogP contribution < -0.4 is 9.62 Å². The van der Waals surface area contributed by atoms with E-state index in [9.17, 15) is 18.0 Å². The molecule has 11 heteroatoms. The molecular weight excluding hydrogens is 684 g/mol. The predicted molar refractivity (Wildman–Crippen MR) is 169 cm³/mol. The highest BCUT2D eigenvalue weighted by atomic mass is 127. The van der Waals surface area contributed by atoms with Crippen LogP contribution in [0.15, 0.2) is 77.7 Å². The smallest absolute Gasteiger partial charge is 0.264 e. The summed E-state index contributed by atoms with van der Waals surface area (Å²) in [5, 5.41) is 3.61. The van der Waals surface area contributed by atoms with Gasteiger partial charge in [-0.25, -0.2) is 8.42 Å². The summed E-state index contributed by atoms with van der Waals surface area (Å²) in [6.45, 7) is 6.70. The van der Waals surface area contributed by atoms with Crippen LogP contribution in [0.3, 0.4) is 0 Å². The summed E-state index contributed by atoms with van der Waals surface area (Å²) >= 11 is 15.0. The van der Waals surface area contributed by atoms with Crippen molar-refractivity contribution in [3.8, 4) is 0 Å². The monoisotopic (exact) mass is 715 g/mol. The van der Waals surface area contributed by atoms with Gasteiger partial charge in [0.15, 0.2) is 0 Å². The first-order valence-electron chi connectivity index (χ1n) is 12.6. The lowest BCUT2D eigenvalue weighted by molar-refractivity contribution is -0.141. The van der Waals surface area contributed by atoms with Crippen molar-refractivity contribution in [2.45, 2.75) is 57.1 Å². The molecule has 40 heavy (non-hydrogen) atoms. The van der Waals surface area contributed by atoms with E-state index in [1.165, 1.54) is 17.0 Å². The molecule has 0 heterocycles. The summed E-state index contributed by atoms with van der Waals surface area (Å²) in [6, 6.07) is 18.8. The van der Waals surface area contributed by atoms with Crippen molar-refractivity contribution in [3.63, 3.8) is 0 Å². The van der Waals surface area contributed by atoms with E-state index in [1.54, 1.807) is 67.6 Å². The summed E-state index contributed by atoms with van der Waals surface area (Å²) in [4.78, 5) is 28.9. The molecule has 0 bridgehead atoms. The van der Waals surface area contributed by atoms with Crippen LogP contribution in [0.25, 0.3) is 0 Å². The number of halogens is 3. The first-order chi connectivity index (χ1) is 18.7. The number of rotatable bonds is 10. The molecule has 3 aromatic carbocycles. The van der Waals surface area contributed by atoms with Gasteiger partial charge < -0.3 is 10.2 Å². The van der Waals surface area contributed by atoms with Gasteiger partial charge >= 0.3 is 0 Å². The second-order valence-corrected chi connectivity index (χ2v) is 14.1. The molecule has 3 aromatic rings. The fourth-order valence-electron chi connectivity index (χ4n) is 4.08. The third kappa shape index (κ3) is 8.11. The van der Waals surface area contributed by atoms with Crippen molar-refractivity contribution in [2.75, 3.05) is 10.8 Å². The molecule has 7 nitrogen and oxygen atoms in total. The minimum atomic E-state index is -4.14. The van der Waals surface area contributed by atoms with Gasteiger partial charge in [0.2, 0.25) is 11.8 Å². The maximum absolute atomic E-state index is 14.1. The molecule has 0 unspecified atom stereocenters. The van der Waals surface area contributed by atoms with Crippen LogP contribution in [0.5, 0.6) is 0 Å². The minimum Gasteiger partial charge on any atom is -0.350 e. The van der Waals surface area contributed by atoms with E-state index in [1.807, 2.05) is 20.8 Å². The number of nitrogens with zero attached hydrogens (tertiary/aromatic N) is 2. The lowest BCUT2D eigenvalue weighted by atomic mass is 10.1. The maximum Gasteiger partial charge on any atom is 0.264 e. The Morgan fingerprint density at radius 2 is 1.50 bits per heavy atom. The molecule has 1 atom stereocenters. The van der Waals surface area contributed by atoms with Crippen molar-refractivity contribution in [1.82, 2.24) is 10.2 Å². The quantitative estimate of drug-likeness (QED) is 0.243. The SMILES string of the molecule is CC[C@@H](C(=O)NC(C)(C)C)N(Cc1c(Cl)cccc1Cl)C(=O)CN(c1ccc(I)cc1)S(=O)(=O)c1ccccc1. The Bertz CT molecular complexity index is 1430. The van der Waals surface area contributed by atoms with E-state index >= 15 is 0 Å². The number of benzene rings is 3. The maximum atomic E-state index is 14.1. The lowest BCUT2D eigenvalue weighted by Crippen LogP contribution is -2.55. The second-order valence-electron chi connectivity index (χ2n) is 10.2. The van der Waals surface area contributed by atoms with E-state index in [0.717, 1.165) is 7.88 Å². The number of nitrogens with one attached hydrogen (secondary N) is 1. The van der Waals surface area contributed by atoms with E-state index in [-0.39, 0.29) is 23.8 Å². The van der Waals surface area contributed by atoms with Crippen molar-refractivity contribution < 1.29 is 18.0 Å². The Kier molecular flexibility index (Phi) is 10.9. The van der Waals surface area contributed by atoms with Gasteiger partial charge in [0.25, 0.3) is 10.0 Å². The van der Waals surface area contributed by atoms with Crippen LogP contribution in [0.2, 0.25) is 10.0 Å². The minimum absolute atomic E-state index is 0.0413. The lowest BCUT2D eigenvalue weighted by Gasteiger charge is -2.35. The number of hydrogen-bond donors (Lipinski definition) is 1. The molecule has 0 aliphatic heterocycles. The fraction of sp³-hybridized carbons (Fsp3) is 0.310. The van der Waals surface area contributed by atoms with Crippen LogP contribution in [-0.4, -0.2) is 43.3 Å². The summed E-state index contributed by atoms with van der Waals surface area (Å²) in [6.07, 6.45) is 0.282. The van der Waals surface area contributed by atoms with Crippen molar-refractivity contribution in [3.05, 3.63) is 92.0 Å². The van der Waals surface area contributed by atoms with Crippen LogP contribution in [0.1, 0.15) is 39.7 Å². The number of carbonyl (C=O) groups excluding carboxylic acids is 2. The molecule has 0 radical (unpaired) electrons. The van der Waals surface area contributed by atoms with Crippen LogP contribution >= 0.6 is 45.8 Å². The highest BCUT2D eigenvalue weighted by Gasteiger charge is 2.35. The normalized spacial score (nSPS) is 12.5. The van der Waals surface area contributed by atoms with Gasteiger partial charge in [-0.05, 0) is 98.3 Å². The van der Waals surface area contributed by atoms with E-state index in [4.69, 9.17) is 23.2 Å². The number of sulfonamides is 1. The molecule has 3 rings (SSSR count). The van der Waals surface area contributed by atoms with Gasteiger partial charge in [-0.1, -0.05) is 54.4 Å². The molecule has 0 aliphatic carbocycles. The highest BCUT2D eigenvalue weighted by Crippen LogP contribution is 2.29. The molecule has 0 aromatic heterocycles. The Morgan fingerprint density at radius 1 is 0.925 bits per heavy atom. The number of anilines is 1. The zero-order valence-electron chi connectivity index (χ0n) is 22.7. The van der Waals surface area contributed by atoms with Crippen molar-refractivity contribution >= 4 is 73.3 Å². The third-order valence-corrected chi connectivity index (χ3v) is 9.21. The van der Waals surface area contributed by atoms with E-state index in [0.29, 0.717) is 21.3 Å². The van der Waals surface area contributed by atoms with Crippen molar-refractivity contribution in [1.29, 1.82) is 0 Å². The summed E-state index contributed by atoms with van der Waals surface area (Å²) < 4.78 is 29.6. The number of carbonyl (C=O) groups is 2. The third-order valence-electron chi connectivity index (χ3n) is 6.00. The molecule has 2 amide bonds. The molecule has 0 saturated heterocycles.